The van der Waals surface area contributed by atoms with E-state index in [2.05, 4.69) is 38.0 Å². The van der Waals surface area contributed by atoms with E-state index in [9.17, 15) is 0 Å². The van der Waals surface area contributed by atoms with E-state index in [1.807, 2.05) is 28.2 Å². The van der Waals surface area contributed by atoms with Crippen molar-refractivity contribution in [2.24, 2.45) is 0 Å². The summed E-state index contributed by atoms with van der Waals surface area (Å²) in [4.78, 5) is 7.86. The van der Waals surface area contributed by atoms with Crippen molar-refractivity contribution in [1.82, 2.24) is 19.6 Å². The summed E-state index contributed by atoms with van der Waals surface area (Å²) in [5, 5.41) is 7.25. The highest BCUT2D eigenvalue weighted by Crippen LogP contribution is 1.80. The van der Waals surface area contributed by atoms with Crippen molar-refractivity contribution >= 4 is 5.96 Å². The molecule has 0 aliphatic carbocycles. The first-order chi connectivity index (χ1) is 7.18. The minimum absolute atomic E-state index is 0.519. The standard InChI is InChI=1S/C6H16N2.C5H13N3/c1-7(2)5-6-8(3)4;1-7(2)5(6)8(3)4/h5-6H2,1-4H3;6H,1-4H3. The van der Waals surface area contributed by atoms with E-state index in [0.717, 1.165) is 13.1 Å². The van der Waals surface area contributed by atoms with E-state index in [-0.39, 0.29) is 0 Å². The maximum atomic E-state index is 7.25. The van der Waals surface area contributed by atoms with Crippen LogP contribution in [0.4, 0.5) is 0 Å². The van der Waals surface area contributed by atoms with E-state index in [1.54, 1.807) is 9.80 Å². The molecule has 16 heavy (non-hydrogen) atoms. The van der Waals surface area contributed by atoms with Gasteiger partial charge in [0.1, 0.15) is 0 Å². The number of likely N-dealkylation sites (N-methyl/N-ethyl adjacent to an activating group) is 2. The lowest BCUT2D eigenvalue weighted by Crippen LogP contribution is -2.34. The van der Waals surface area contributed by atoms with Crippen molar-refractivity contribution in [3.63, 3.8) is 0 Å². The van der Waals surface area contributed by atoms with Gasteiger partial charge in [0.15, 0.2) is 5.96 Å². The third-order valence-electron chi connectivity index (χ3n) is 1.84. The number of guanidine groups is 1. The third-order valence-corrected chi connectivity index (χ3v) is 1.84. The Balaban J connectivity index is 0. The lowest BCUT2D eigenvalue weighted by Gasteiger charge is -2.19. The lowest BCUT2D eigenvalue weighted by molar-refractivity contribution is 0.320. The smallest absolute Gasteiger partial charge is 0.192 e. The highest BCUT2D eigenvalue weighted by molar-refractivity contribution is 5.75. The number of hydrogen-bond donors (Lipinski definition) is 1. The summed E-state index contributed by atoms with van der Waals surface area (Å²) in [5.41, 5.74) is 0. The van der Waals surface area contributed by atoms with Crippen LogP contribution in [-0.2, 0) is 0 Å². The molecule has 0 aromatic rings. The molecule has 0 amide bonds. The molecule has 98 valence electrons. The summed E-state index contributed by atoms with van der Waals surface area (Å²) in [6.07, 6.45) is 0. The molecule has 0 aliphatic heterocycles. The Labute approximate surface area is 101 Å². The second kappa shape index (κ2) is 9.42. The van der Waals surface area contributed by atoms with Crippen molar-refractivity contribution in [2.75, 3.05) is 69.5 Å². The SMILES string of the molecule is CN(C)C(=N)N(C)C.CN(C)CCN(C)C. The van der Waals surface area contributed by atoms with Gasteiger partial charge in [0.05, 0.1) is 0 Å². The van der Waals surface area contributed by atoms with Crippen molar-refractivity contribution in [3.8, 4) is 0 Å². The molecule has 0 saturated heterocycles. The average Bonchev–Trinajstić information content (AvgIpc) is 2.14. The second-order valence-corrected chi connectivity index (χ2v) is 4.72. The summed E-state index contributed by atoms with van der Waals surface area (Å²) < 4.78 is 0. The molecule has 5 heteroatoms. The molecule has 0 fully saturated rings. The largest absolute Gasteiger partial charge is 0.349 e. The van der Waals surface area contributed by atoms with Crippen molar-refractivity contribution < 1.29 is 0 Å². The summed E-state index contributed by atoms with van der Waals surface area (Å²) in [6, 6.07) is 0. The monoisotopic (exact) mass is 231 g/mol. The van der Waals surface area contributed by atoms with Crippen molar-refractivity contribution in [2.45, 2.75) is 0 Å². The zero-order chi connectivity index (χ0) is 13.3. The Hall–Kier alpha value is -0.810. The predicted molar refractivity (Wildman–Crippen MR) is 72.2 cm³/mol. The van der Waals surface area contributed by atoms with Crippen molar-refractivity contribution in [3.05, 3.63) is 0 Å². The van der Waals surface area contributed by atoms with Crippen LogP contribution in [0.25, 0.3) is 0 Å². The molecule has 1 N–H and O–H groups in total. The zero-order valence-electron chi connectivity index (χ0n) is 12.2. The molecule has 0 unspecified atom stereocenters. The van der Waals surface area contributed by atoms with Crippen LogP contribution in [0.5, 0.6) is 0 Å². The fourth-order valence-electron chi connectivity index (χ4n) is 0.800. The Kier molecular flexibility index (Phi) is 10.3. The second-order valence-electron chi connectivity index (χ2n) is 4.72. The summed E-state index contributed by atoms with van der Waals surface area (Å²) in [5.74, 6) is 0.519. The molecule has 0 aromatic carbocycles. The number of rotatable bonds is 3. The van der Waals surface area contributed by atoms with Gasteiger partial charge in [0, 0.05) is 41.3 Å². The first-order valence-electron chi connectivity index (χ1n) is 5.41. The molecule has 0 atom stereocenters. The maximum absolute atomic E-state index is 7.25. The molecule has 0 aliphatic rings. The normalized spacial score (nSPS) is 9.88. The fourth-order valence-corrected chi connectivity index (χ4v) is 0.800. The van der Waals surface area contributed by atoms with E-state index in [0.29, 0.717) is 5.96 Å². The van der Waals surface area contributed by atoms with Crippen LogP contribution in [0, 0.1) is 5.41 Å². The van der Waals surface area contributed by atoms with Crippen LogP contribution >= 0.6 is 0 Å². The first kappa shape index (κ1) is 17.6. The van der Waals surface area contributed by atoms with Crippen LogP contribution < -0.4 is 0 Å². The van der Waals surface area contributed by atoms with Crippen molar-refractivity contribution in [1.29, 1.82) is 5.41 Å². The zero-order valence-corrected chi connectivity index (χ0v) is 12.2. The van der Waals surface area contributed by atoms with Crippen LogP contribution in [0.15, 0.2) is 0 Å². The van der Waals surface area contributed by atoms with Gasteiger partial charge < -0.3 is 19.6 Å². The highest BCUT2D eigenvalue weighted by atomic mass is 15.3. The molecule has 0 aromatic heterocycles. The van der Waals surface area contributed by atoms with Crippen LogP contribution in [-0.4, -0.2) is 95.0 Å². The maximum Gasteiger partial charge on any atom is 0.192 e. The number of nitrogens with one attached hydrogen (secondary N) is 1. The van der Waals surface area contributed by atoms with Crippen LogP contribution in [0.1, 0.15) is 0 Å². The van der Waals surface area contributed by atoms with Gasteiger partial charge in [-0.15, -0.1) is 0 Å². The van der Waals surface area contributed by atoms with Gasteiger partial charge in [-0.3, -0.25) is 5.41 Å². The Morgan fingerprint density at radius 2 is 0.938 bits per heavy atom. The fraction of sp³-hybridized carbons (Fsp3) is 0.909. The molecule has 0 radical (unpaired) electrons. The van der Waals surface area contributed by atoms with Crippen LogP contribution in [0.3, 0.4) is 0 Å². The Morgan fingerprint density at radius 3 is 1.00 bits per heavy atom. The number of hydrogen-bond acceptors (Lipinski definition) is 3. The quantitative estimate of drug-likeness (QED) is 0.554. The molecule has 0 heterocycles. The number of nitrogens with zero attached hydrogens (tertiary/aromatic N) is 4. The van der Waals surface area contributed by atoms with Gasteiger partial charge >= 0.3 is 0 Å². The molecule has 0 rings (SSSR count). The molecule has 0 spiro atoms. The van der Waals surface area contributed by atoms with E-state index >= 15 is 0 Å². The summed E-state index contributed by atoms with van der Waals surface area (Å²) in [6.45, 7) is 2.29. The molecule has 0 saturated carbocycles. The van der Waals surface area contributed by atoms with E-state index in [4.69, 9.17) is 5.41 Å². The van der Waals surface area contributed by atoms with Gasteiger partial charge in [-0.25, -0.2) is 0 Å². The van der Waals surface area contributed by atoms with Gasteiger partial charge in [0.25, 0.3) is 0 Å². The molecule has 0 bridgehead atoms. The third kappa shape index (κ3) is 13.2. The Morgan fingerprint density at radius 1 is 0.688 bits per heavy atom. The minimum Gasteiger partial charge on any atom is -0.349 e. The van der Waals surface area contributed by atoms with Crippen LogP contribution in [0.2, 0.25) is 0 Å². The predicted octanol–water partition coefficient (Wildman–Crippen LogP) is 0.154. The van der Waals surface area contributed by atoms with Gasteiger partial charge in [0.2, 0.25) is 0 Å². The van der Waals surface area contributed by atoms with Gasteiger partial charge in [-0.1, -0.05) is 0 Å². The highest BCUT2D eigenvalue weighted by Gasteiger charge is 1.97. The first-order valence-corrected chi connectivity index (χ1v) is 5.41. The molecular weight excluding hydrogens is 202 g/mol. The summed E-state index contributed by atoms with van der Waals surface area (Å²) >= 11 is 0. The van der Waals surface area contributed by atoms with Gasteiger partial charge in [-0.05, 0) is 28.2 Å². The summed E-state index contributed by atoms with van der Waals surface area (Å²) in [7, 11) is 15.7. The minimum atomic E-state index is 0.519. The molecular formula is C11H29N5. The average molecular weight is 231 g/mol. The molecule has 5 nitrogen and oxygen atoms in total. The topological polar surface area (TPSA) is 36.8 Å². The lowest BCUT2D eigenvalue weighted by atomic mass is 10.5. The van der Waals surface area contributed by atoms with Gasteiger partial charge in [-0.2, -0.15) is 0 Å². The van der Waals surface area contributed by atoms with E-state index in [1.165, 1.54) is 0 Å². The Bertz CT molecular complexity index is 157. The van der Waals surface area contributed by atoms with E-state index < -0.39 is 0 Å².